The van der Waals surface area contributed by atoms with E-state index in [2.05, 4.69) is 38.3 Å². The number of pyridine rings is 1. The number of hydrogen-bond acceptors (Lipinski definition) is 4. The summed E-state index contributed by atoms with van der Waals surface area (Å²) >= 11 is 0. The number of nitrogens with zero attached hydrogens (tertiary/aromatic N) is 5. The molecule has 4 heterocycles. The molecule has 0 unspecified atom stereocenters. The van der Waals surface area contributed by atoms with E-state index in [-0.39, 0.29) is 0 Å². The van der Waals surface area contributed by atoms with Gasteiger partial charge in [0.2, 0.25) is 0 Å². The van der Waals surface area contributed by atoms with Crippen LogP contribution in [0.15, 0.2) is 30.7 Å². The Hall–Kier alpha value is -2.47. The molecule has 0 bridgehead atoms. The van der Waals surface area contributed by atoms with Gasteiger partial charge >= 0.3 is 0 Å². The van der Waals surface area contributed by atoms with Gasteiger partial charge in [-0.05, 0) is 25.5 Å². The Morgan fingerprint density at radius 2 is 2.04 bits per heavy atom. The van der Waals surface area contributed by atoms with Gasteiger partial charge in [-0.25, -0.2) is 9.97 Å². The maximum Gasteiger partial charge on any atom is 0.140 e. The molecule has 0 spiro atoms. The van der Waals surface area contributed by atoms with Crippen LogP contribution in [0.5, 0.6) is 0 Å². The van der Waals surface area contributed by atoms with Crippen molar-refractivity contribution in [1.29, 1.82) is 0 Å². The van der Waals surface area contributed by atoms with Gasteiger partial charge in [-0.2, -0.15) is 0 Å². The Balaban J connectivity index is 1.48. The highest BCUT2D eigenvalue weighted by Crippen LogP contribution is 2.26. The van der Waals surface area contributed by atoms with E-state index >= 15 is 0 Å². The van der Waals surface area contributed by atoms with Gasteiger partial charge in [-0.15, -0.1) is 0 Å². The average Bonchev–Trinajstić information content (AvgIpc) is 3.25. The smallest absolute Gasteiger partial charge is 0.140 e. The third-order valence-electron chi connectivity index (χ3n) is 5.07. The highest BCUT2D eigenvalue weighted by Gasteiger charge is 2.23. The molecule has 1 aliphatic rings. The highest BCUT2D eigenvalue weighted by atomic mass is 15.2. The number of imidazole rings is 2. The minimum atomic E-state index is 0.911. The molecule has 0 saturated carbocycles. The van der Waals surface area contributed by atoms with Crippen molar-refractivity contribution in [3.8, 4) is 11.4 Å². The fraction of sp³-hybridized carbons (Fsp3) is 0.450. The molecule has 1 N–H and O–H groups in total. The predicted molar refractivity (Wildman–Crippen MR) is 102 cm³/mol. The number of nitrogens with one attached hydrogen (secondary N) is 1. The zero-order valence-electron chi connectivity index (χ0n) is 15.6. The van der Waals surface area contributed by atoms with Crippen LogP contribution in [0.25, 0.3) is 11.4 Å². The molecule has 26 heavy (non-hydrogen) atoms. The molecule has 3 aromatic heterocycles. The lowest BCUT2D eigenvalue weighted by Crippen LogP contribution is -2.33. The van der Waals surface area contributed by atoms with Gasteiger partial charge in [0.15, 0.2) is 0 Å². The van der Waals surface area contributed by atoms with Crippen LogP contribution < -0.4 is 0 Å². The van der Waals surface area contributed by atoms with Crippen LogP contribution in [0, 0.1) is 6.92 Å². The Kier molecular flexibility index (Phi) is 4.84. The number of aromatic amines is 1. The third kappa shape index (κ3) is 3.42. The lowest BCUT2D eigenvalue weighted by molar-refractivity contribution is 0.211. The molecule has 6 heteroatoms. The molecule has 3 aromatic rings. The van der Waals surface area contributed by atoms with Crippen molar-refractivity contribution in [3.63, 3.8) is 0 Å². The van der Waals surface area contributed by atoms with Crippen LogP contribution in [0.2, 0.25) is 0 Å². The fourth-order valence-corrected chi connectivity index (χ4v) is 3.63. The first-order chi connectivity index (χ1) is 12.7. The number of H-pyrrole nitrogens is 1. The summed E-state index contributed by atoms with van der Waals surface area (Å²) in [5, 5.41) is 0. The van der Waals surface area contributed by atoms with Gasteiger partial charge in [-0.1, -0.05) is 13.3 Å². The van der Waals surface area contributed by atoms with Crippen molar-refractivity contribution in [2.24, 2.45) is 0 Å². The normalized spacial score (nSPS) is 14.5. The van der Waals surface area contributed by atoms with Crippen molar-refractivity contribution in [2.75, 3.05) is 6.54 Å². The van der Waals surface area contributed by atoms with Crippen LogP contribution in [-0.4, -0.2) is 35.9 Å². The summed E-state index contributed by atoms with van der Waals surface area (Å²) in [6.07, 6.45) is 9.08. The largest absolute Gasteiger partial charge is 0.345 e. The second-order valence-electron chi connectivity index (χ2n) is 7.02. The van der Waals surface area contributed by atoms with E-state index in [1.807, 2.05) is 30.7 Å². The van der Waals surface area contributed by atoms with E-state index in [0.29, 0.717) is 0 Å². The number of aryl methyl sites for hydroxylation is 2. The topological polar surface area (TPSA) is 62.6 Å². The quantitative estimate of drug-likeness (QED) is 0.741. The Morgan fingerprint density at radius 1 is 1.19 bits per heavy atom. The molecular weight excluding hydrogens is 324 g/mol. The SMILES string of the molecule is CCCCc1ncc(CN2CCn3c(-c4ccncc4)nc(C)c3C2)[nH]1. The Bertz CT molecular complexity index is 864. The van der Waals surface area contributed by atoms with Crippen molar-refractivity contribution >= 4 is 0 Å². The monoisotopic (exact) mass is 350 g/mol. The molecule has 0 aliphatic carbocycles. The molecule has 136 valence electrons. The van der Waals surface area contributed by atoms with Crippen LogP contribution in [0.1, 0.15) is 42.7 Å². The van der Waals surface area contributed by atoms with Crippen LogP contribution in [0.3, 0.4) is 0 Å². The second-order valence-corrected chi connectivity index (χ2v) is 7.02. The number of aromatic nitrogens is 5. The number of unbranched alkanes of at least 4 members (excludes halogenated alkanes) is 1. The van der Waals surface area contributed by atoms with E-state index in [9.17, 15) is 0 Å². The summed E-state index contributed by atoms with van der Waals surface area (Å²) in [7, 11) is 0. The Labute approximate surface area is 154 Å². The first kappa shape index (κ1) is 17.0. The standard InChI is InChI=1S/C20H26N6/c1-3-4-5-19-22-12-17(24-19)13-25-10-11-26-18(14-25)15(2)23-20(26)16-6-8-21-9-7-16/h6-9,12H,3-5,10-11,13-14H2,1-2H3,(H,22,24). The first-order valence-electron chi connectivity index (χ1n) is 9.46. The maximum absolute atomic E-state index is 4.83. The number of fused-ring (bicyclic) bond motifs is 1. The minimum Gasteiger partial charge on any atom is -0.345 e. The molecular formula is C20H26N6. The summed E-state index contributed by atoms with van der Waals surface area (Å²) in [6.45, 7) is 8.14. The van der Waals surface area contributed by atoms with E-state index in [4.69, 9.17) is 4.98 Å². The van der Waals surface area contributed by atoms with Gasteiger partial charge in [0, 0.05) is 62.4 Å². The number of hydrogen-bond donors (Lipinski definition) is 1. The second kappa shape index (κ2) is 7.41. The van der Waals surface area contributed by atoms with Gasteiger partial charge < -0.3 is 9.55 Å². The van der Waals surface area contributed by atoms with E-state index in [1.54, 1.807) is 0 Å². The molecule has 6 nitrogen and oxygen atoms in total. The summed E-state index contributed by atoms with van der Waals surface area (Å²) in [5.41, 5.74) is 4.77. The van der Waals surface area contributed by atoms with Crippen molar-refractivity contribution in [3.05, 3.63) is 53.6 Å². The number of rotatable bonds is 6. The van der Waals surface area contributed by atoms with Crippen LogP contribution in [-0.2, 0) is 26.1 Å². The summed E-state index contributed by atoms with van der Waals surface area (Å²) in [6, 6.07) is 4.06. The zero-order valence-corrected chi connectivity index (χ0v) is 15.6. The average molecular weight is 350 g/mol. The molecule has 0 saturated heterocycles. The van der Waals surface area contributed by atoms with Gasteiger partial charge in [0.05, 0.1) is 11.4 Å². The molecule has 0 fully saturated rings. The van der Waals surface area contributed by atoms with E-state index < -0.39 is 0 Å². The third-order valence-corrected chi connectivity index (χ3v) is 5.07. The molecule has 0 amide bonds. The first-order valence-corrected chi connectivity index (χ1v) is 9.46. The lowest BCUT2D eigenvalue weighted by atomic mass is 10.2. The van der Waals surface area contributed by atoms with Crippen LogP contribution in [0.4, 0.5) is 0 Å². The lowest BCUT2D eigenvalue weighted by Gasteiger charge is -2.28. The van der Waals surface area contributed by atoms with E-state index in [1.165, 1.54) is 24.2 Å². The van der Waals surface area contributed by atoms with Gasteiger partial charge in [-0.3, -0.25) is 9.88 Å². The zero-order chi connectivity index (χ0) is 17.9. The minimum absolute atomic E-state index is 0.911. The maximum atomic E-state index is 4.83. The summed E-state index contributed by atoms with van der Waals surface area (Å²) < 4.78 is 2.36. The Morgan fingerprint density at radius 3 is 2.85 bits per heavy atom. The summed E-state index contributed by atoms with van der Waals surface area (Å²) in [5.74, 6) is 2.17. The van der Waals surface area contributed by atoms with E-state index in [0.717, 1.165) is 55.5 Å². The molecule has 1 aliphatic heterocycles. The molecule has 0 atom stereocenters. The van der Waals surface area contributed by atoms with Crippen molar-refractivity contribution < 1.29 is 0 Å². The predicted octanol–water partition coefficient (Wildman–Crippen LogP) is 3.34. The summed E-state index contributed by atoms with van der Waals surface area (Å²) in [4.78, 5) is 19.4. The molecule has 0 radical (unpaired) electrons. The fourth-order valence-electron chi connectivity index (χ4n) is 3.63. The van der Waals surface area contributed by atoms with Gasteiger partial charge in [0.25, 0.3) is 0 Å². The molecule has 4 rings (SSSR count). The van der Waals surface area contributed by atoms with Gasteiger partial charge in [0.1, 0.15) is 11.6 Å². The van der Waals surface area contributed by atoms with Crippen molar-refractivity contribution in [2.45, 2.75) is 52.7 Å². The van der Waals surface area contributed by atoms with Crippen LogP contribution >= 0.6 is 0 Å². The highest BCUT2D eigenvalue weighted by molar-refractivity contribution is 5.56. The molecule has 0 aromatic carbocycles. The van der Waals surface area contributed by atoms with Crippen molar-refractivity contribution in [1.82, 2.24) is 29.4 Å².